The highest BCUT2D eigenvalue weighted by Gasteiger charge is 2.19. The molecule has 0 aliphatic carbocycles. The first-order valence-electron chi connectivity index (χ1n) is 21.0. The Kier molecular flexibility index (Phi) is 35.9. The van der Waals surface area contributed by atoms with E-state index in [1.165, 1.54) is 128 Å². The molecule has 2 unspecified atom stereocenters. The number of aliphatic carboxylic acids is 1. The summed E-state index contributed by atoms with van der Waals surface area (Å²) in [6.45, 7) is 4.92. The fraction of sp³-hybridized carbons (Fsp3) is 0.881. The summed E-state index contributed by atoms with van der Waals surface area (Å²) in [6, 6.07) is -0.867. The van der Waals surface area contributed by atoms with Gasteiger partial charge in [-0.25, -0.2) is 4.79 Å². The summed E-state index contributed by atoms with van der Waals surface area (Å²) in [7, 11) is 0. The molecule has 0 radical (unpaired) electrons. The first-order valence-corrected chi connectivity index (χ1v) is 21.0. The Labute approximate surface area is 302 Å². The number of hydrogen-bond acceptors (Lipinski definition) is 5. The molecule has 0 fully saturated rings. The van der Waals surface area contributed by atoms with Gasteiger partial charge in [0.2, 0.25) is 5.91 Å². The lowest BCUT2D eigenvalue weighted by molar-refractivity contribution is -0.147. The van der Waals surface area contributed by atoms with Crippen molar-refractivity contribution in [3.8, 4) is 0 Å². The number of rotatable bonds is 38. The second-order valence-corrected chi connectivity index (χ2v) is 14.4. The number of nitrogens with two attached hydrogens (primary N) is 1. The Hall–Kier alpha value is -1.89. The van der Waals surface area contributed by atoms with Crippen molar-refractivity contribution in [3.05, 3.63) is 12.2 Å². The third-order valence-electron chi connectivity index (χ3n) is 9.57. The van der Waals surface area contributed by atoms with E-state index in [9.17, 15) is 19.5 Å². The van der Waals surface area contributed by atoms with Gasteiger partial charge in [-0.15, -0.1) is 0 Å². The molecule has 0 rings (SSSR count). The van der Waals surface area contributed by atoms with Gasteiger partial charge in [-0.2, -0.15) is 0 Å². The van der Waals surface area contributed by atoms with E-state index in [1.807, 2.05) is 0 Å². The Morgan fingerprint density at radius 2 is 1.04 bits per heavy atom. The summed E-state index contributed by atoms with van der Waals surface area (Å²) in [4.78, 5) is 36.3. The van der Waals surface area contributed by atoms with Gasteiger partial charge in [0.25, 0.3) is 0 Å². The van der Waals surface area contributed by atoms with Crippen molar-refractivity contribution < 1.29 is 24.2 Å². The van der Waals surface area contributed by atoms with E-state index in [1.54, 1.807) is 0 Å². The van der Waals surface area contributed by atoms with Crippen molar-refractivity contribution in [2.75, 3.05) is 6.54 Å². The van der Waals surface area contributed by atoms with Crippen LogP contribution >= 0.6 is 0 Å². The van der Waals surface area contributed by atoms with Gasteiger partial charge in [-0.1, -0.05) is 161 Å². The number of amides is 1. The van der Waals surface area contributed by atoms with Crippen LogP contribution in [0.1, 0.15) is 219 Å². The number of nitrogens with one attached hydrogen (secondary N) is 1. The number of esters is 1. The average Bonchev–Trinajstić information content (AvgIpc) is 3.08. The number of carbonyl (C=O) groups excluding carboxylic acids is 2. The van der Waals surface area contributed by atoms with E-state index in [0.717, 1.165) is 44.9 Å². The summed E-state index contributed by atoms with van der Waals surface area (Å²) in [5.41, 5.74) is 5.48. The lowest BCUT2D eigenvalue weighted by Crippen LogP contribution is -2.40. The number of carboxylic acid groups (broad SMARTS) is 1. The van der Waals surface area contributed by atoms with E-state index >= 15 is 0 Å². The van der Waals surface area contributed by atoms with Crippen LogP contribution in [0.3, 0.4) is 0 Å². The molecule has 0 spiro atoms. The van der Waals surface area contributed by atoms with Crippen LogP contribution in [0, 0.1) is 0 Å². The van der Waals surface area contributed by atoms with Crippen LogP contribution in [0.15, 0.2) is 12.2 Å². The molecule has 0 saturated carbocycles. The third kappa shape index (κ3) is 34.3. The lowest BCUT2D eigenvalue weighted by Gasteiger charge is -2.15. The van der Waals surface area contributed by atoms with Gasteiger partial charge < -0.3 is 20.9 Å². The Morgan fingerprint density at radius 3 is 1.53 bits per heavy atom. The Morgan fingerprint density at radius 1 is 0.592 bits per heavy atom. The summed E-state index contributed by atoms with van der Waals surface area (Å²) in [6.07, 6.45) is 39.8. The molecule has 1 amide bonds. The molecule has 7 heteroatoms. The zero-order chi connectivity index (χ0) is 36.0. The maximum absolute atomic E-state index is 12.7. The predicted octanol–water partition coefficient (Wildman–Crippen LogP) is 11.5. The van der Waals surface area contributed by atoms with Crippen LogP contribution in [-0.4, -0.2) is 41.6 Å². The first kappa shape index (κ1) is 47.1. The van der Waals surface area contributed by atoms with Gasteiger partial charge in [0, 0.05) is 12.8 Å². The van der Waals surface area contributed by atoms with Crippen LogP contribution < -0.4 is 11.1 Å². The highest BCUT2D eigenvalue weighted by Crippen LogP contribution is 2.16. The Bertz CT molecular complexity index is 787. The number of carboxylic acids is 1. The van der Waals surface area contributed by atoms with Crippen molar-refractivity contribution in [1.82, 2.24) is 5.32 Å². The minimum absolute atomic E-state index is 0.0844. The van der Waals surface area contributed by atoms with Crippen LogP contribution in [0.25, 0.3) is 0 Å². The topological polar surface area (TPSA) is 119 Å². The maximum atomic E-state index is 12.7. The summed E-state index contributed by atoms with van der Waals surface area (Å²) in [5.74, 6) is -1.32. The molecule has 2 atom stereocenters. The minimum atomic E-state index is -1.01. The molecule has 4 N–H and O–H groups in total. The van der Waals surface area contributed by atoms with Crippen molar-refractivity contribution in [3.63, 3.8) is 0 Å². The summed E-state index contributed by atoms with van der Waals surface area (Å²) < 4.78 is 5.92. The van der Waals surface area contributed by atoms with Gasteiger partial charge in [0.05, 0.1) is 0 Å². The van der Waals surface area contributed by atoms with E-state index in [-0.39, 0.29) is 18.0 Å². The zero-order valence-corrected chi connectivity index (χ0v) is 32.3. The number of carbonyl (C=O) groups is 3. The molecule has 0 aromatic carbocycles. The molecule has 49 heavy (non-hydrogen) atoms. The molecule has 0 aliphatic rings. The monoisotopic (exact) mass is 693 g/mol. The molecular weight excluding hydrogens is 612 g/mol. The van der Waals surface area contributed by atoms with Gasteiger partial charge in [0.1, 0.15) is 12.1 Å². The van der Waals surface area contributed by atoms with Crippen LogP contribution in [-0.2, 0) is 19.1 Å². The lowest BCUT2D eigenvalue weighted by atomic mass is 10.0. The molecule has 0 aliphatic heterocycles. The number of ether oxygens (including phenoxy) is 1. The van der Waals surface area contributed by atoms with Gasteiger partial charge in [-0.3, -0.25) is 9.59 Å². The van der Waals surface area contributed by atoms with Crippen LogP contribution in [0.2, 0.25) is 0 Å². The molecule has 0 bridgehead atoms. The van der Waals surface area contributed by atoms with E-state index in [4.69, 9.17) is 10.5 Å². The smallest absolute Gasteiger partial charge is 0.326 e. The van der Waals surface area contributed by atoms with Crippen LogP contribution in [0.5, 0.6) is 0 Å². The van der Waals surface area contributed by atoms with E-state index in [0.29, 0.717) is 38.6 Å². The fourth-order valence-electron chi connectivity index (χ4n) is 6.36. The second-order valence-electron chi connectivity index (χ2n) is 14.4. The third-order valence-corrected chi connectivity index (χ3v) is 9.57. The number of hydrogen-bond donors (Lipinski definition) is 3. The molecule has 0 saturated heterocycles. The highest BCUT2D eigenvalue weighted by atomic mass is 16.5. The molecule has 0 aromatic heterocycles. The van der Waals surface area contributed by atoms with Crippen molar-refractivity contribution in [1.29, 1.82) is 0 Å². The Balaban J connectivity index is 4.22. The SMILES string of the molecule is CCCCCCCC/C=C\C(CCCCCCC(=O)NC(CCCN)C(=O)O)OC(=O)CCCCCCCCCCCCCCCCCC. The molecule has 0 heterocycles. The predicted molar refractivity (Wildman–Crippen MR) is 207 cm³/mol. The van der Waals surface area contributed by atoms with Gasteiger partial charge >= 0.3 is 11.9 Å². The first-order chi connectivity index (χ1) is 23.9. The maximum Gasteiger partial charge on any atom is 0.326 e. The standard InChI is InChI=1S/C42H80N2O5/c1-3-5-7-9-11-13-14-15-16-17-18-19-20-22-24-30-36-41(46)49-38(32-27-23-21-12-10-8-6-4-2)33-28-25-26-29-35-40(45)44-39(42(47)48)34-31-37-43/h27,32,38-39H,3-26,28-31,33-37,43H2,1-2H3,(H,44,45)(H,47,48)/b32-27-. The van der Waals surface area contributed by atoms with E-state index in [2.05, 4.69) is 31.3 Å². The zero-order valence-electron chi connectivity index (χ0n) is 32.3. The van der Waals surface area contributed by atoms with E-state index < -0.39 is 12.0 Å². The van der Waals surface area contributed by atoms with Gasteiger partial charge in [-0.05, 0) is 64.0 Å². The highest BCUT2D eigenvalue weighted by molar-refractivity contribution is 5.83. The molecular formula is C42H80N2O5. The largest absolute Gasteiger partial charge is 0.480 e. The van der Waals surface area contributed by atoms with Crippen LogP contribution in [0.4, 0.5) is 0 Å². The van der Waals surface area contributed by atoms with Crippen molar-refractivity contribution >= 4 is 17.8 Å². The summed E-state index contributed by atoms with van der Waals surface area (Å²) >= 11 is 0. The second kappa shape index (κ2) is 37.4. The van der Waals surface area contributed by atoms with Gasteiger partial charge in [0.15, 0.2) is 0 Å². The molecule has 288 valence electrons. The number of allylic oxidation sites excluding steroid dienone is 1. The molecule has 7 nitrogen and oxygen atoms in total. The normalized spacial score (nSPS) is 12.7. The minimum Gasteiger partial charge on any atom is -0.480 e. The van der Waals surface area contributed by atoms with Crippen molar-refractivity contribution in [2.24, 2.45) is 5.73 Å². The fourth-order valence-corrected chi connectivity index (χ4v) is 6.36. The summed E-state index contributed by atoms with van der Waals surface area (Å²) in [5, 5.41) is 11.9. The number of unbranched alkanes of at least 4 members (excludes halogenated alkanes) is 24. The molecule has 0 aromatic rings. The van der Waals surface area contributed by atoms with Crippen molar-refractivity contribution in [2.45, 2.75) is 231 Å². The quantitative estimate of drug-likeness (QED) is 0.0337. The average molecular weight is 693 g/mol.